The summed E-state index contributed by atoms with van der Waals surface area (Å²) in [6, 6.07) is 0. The first kappa shape index (κ1) is 12.5. The molecule has 0 N–H and O–H groups in total. The third kappa shape index (κ3) is 4.33. The Morgan fingerprint density at radius 3 is 2.31 bits per heavy atom. The topological polar surface area (TPSA) is 0 Å². The molecule has 0 aromatic rings. The van der Waals surface area contributed by atoms with E-state index in [2.05, 4.69) is 39.5 Å². The highest BCUT2D eigenvalue weighted by atomic mass is 35.5. The van der Waals surface area contributed by atoms with Crippen LogP contribution in [0.3, 0.4) is 0 Å². The molecule has 0 nitrogen and oxygen atoms in total. The van der Waals surface area contributed by atoms with Crippen molar-refractivity contribution in [2.75, 3.05) is 0 Å². The van der Waals surface area contributed by atoms with Crippen molar-refractivity contribution in [3.8, 4) is 0 Å². The van der Waals surface area contributed by atoms with E-state index in [1.54, 1.807) is 0 Å². The fourth-order valence-corrected chi connectivity index (χ4v) is 1.29. The maximum absolute atomic E-state index is 6.14. The molecule has 0 aliphatic rings. The summed E-state index contributed by atoms with van der Waals surface area (Å²) >= 11 is 6.14. The molecule has 0 aromatic heterocycles. The molecular formula is C12H19Cl. The van der Waals surface area contributed by atoms with E-state index in [0.717, 1.165) is 17.0 Å². The Labute approximate surface area is 87.0 Å². The summed E-state index contributed by atoms with van der Waals surface area (Å²) in [5.41, 5.74) is 2.11. The fourth-order valence-electron chi connectivity index (χ4n) is 1.01. The van der Waals surface area contributed by atoms with Gasteiger partial charge in [-0.1, -0.05) is 51.1 Å². The van der Waals surface area contributed by atoms with Gasteiger partial charge in [-0.15, -0.1) is 0 Å². The molecule has 1 heteroatoms. The third-order valence-electron chi connectivity index (χ3n) is 1.78. The van der Waals surface area contributed by atoms with Crippen LogP contribution in [0, 0.1) is 5.92 Å². The van der Waals surface area contributed by atoms with Crippen molar-refractivity contribution >= 4 is 11.6 Å². The first-order chi connectivity index (χ1) is 6.00. The Kier molecular flexibility index (Phi) is 5.81. The van der Waals surface area contributed by atoms with Gasteiger partial charge < -0.3 is 0 Å². The van der Waals surface area contributed by atoms with Crippen LogP contribution in [0.2, 0.25) is 0 Å². The molecule has 0 heterocycles. The third-order valence-corrected chi connectivity index (χ3v) is 2.32. The van der Waals surface area contributed by atoms with Gasteiger partial charge in [0.05, 0.1) is 0 Å². The minimum absolute atomic E-state index is 0.451. The van der Waals surface area contributed by atoms with Gasteiger partial charge in [0.1, 0.15) is 0 Å². The van der Waals surface area contributed by atoms with Crippen molar-refractivity contribution in [1.29, 1.82) is 0 Å². The van der Waals surface area contributed by atoms with Crippen LogP contribution >= 0.6 is 11.6 Å². The van der Waals surface area contributed by atoms with Gasteiger partial charge >= 0.3 is 0 Å². The summed E-state index contributed by atoms with van der Waals surface area (Å²) in [4.78, 5) is 0. The van der Waals surface area contributed by atoms with Crippen molar-refractivity contribution < 1.29 is 0 Å². The number of halogens is 1. The number of hydrogen-bond acceptors (Lipinski definition) is 0. The van der Waals surface area contributed by atoms with Crippen LogP contribution < -0.4 is 0 Å². The molecule has 0 atom stereocenters. The van der Waals surface area contributed by atoms with E-state index in [-0.39, 0.29) is 0 Å². The quantitative estimate of drug-likeness (QED) is 0.576. The zero-order chi connectivity index (χ0) is 10.4. The molecule has 0 unspecified atom stereocenters. The van der Waals surface area contributed by atoms with Gasteiger partial charge in [0.2, 0.25) is 0 Å². The highest BCUT2D eigenvalue weighted by Crippen LogP contribution is 2.24. The smallest absolute Gasteiger partial charge is 0.0463 e. The van der Waals surface area contributed by atoms with Crippen molar-refractivity contribution in [1.82, 2.24) is 0 Å². The first-order valence-corrected chi connectivity index (χ1v) is 5.10. The van der Waals surface area contributed by atoms with Crippen molar-refractivity contribution in [3.63, 3.8) is 0 Å². The van der Waals surface area contributed by atoms with E-state index in [1.165, 1.54) is 5.57 Å². The predicted octanol–water partition coefficient (Wildman–Crippen LogP) is 4.68. The Morgan fingerprint density at radius 2 is 2.00 bits per heavy atom. The minimum atomic E-state index is 0.451. The molecule has 0 fully saturated rings. The van der Waals surface area contributed by atoms with Gasteiger partial charge in [-0.2, -0.15) is 0 Å². The van der Waals surface area contributed by atoms with E-state index < -0.39 is 0 Å². The van der Waals surface area contributed by atoms with Crippen LogP contribution in [0.4, 0.5) is 0 Å². The van der Waals surface area contributed by atoms with E-state index in [4.69, 9.17) is 11.6 Å². The summed E-state index contributed by atoms with van der Waals surface area (Å²) in [6.45, 7) is 12.2. The van der Waals surface area contributed by atoms with E-state index in [1.807, 2.05) is 6.92 Å². The van der Waals surface area contributed by atoms with Crippen molar-refractivity contribution in [2.24, 2.45) is 5.92 Å². The van der Waals surface area contributed by atoms with Crippen LogP contribution in [0.25, 0.3) is 0 Å². The number of hydrogen-bond donors (Lipinski definition) is 0. The first-order valence-electron chi connectivity index (χ1n) is 4.72. The summed E-state index contributed by atoms with van der Waals surface area (Å²) in [6.07, 6.45) is 5.26. The molecule has 74 valence electrons. The average Bonchev–Trinajstić information content (AvgIpc) is 2.04. The summed E-state index contributed by atoms with van der Waals surface area (Å²) in [5, 5.41) is 0.805. The van der Waals surface area contributed by atoms with E-state index in [0.29, 0.717) is 5.92 Å². The van der Waals surface area contributed by atoms with Crippen LogP contribution in [0.1, 0.15) is 34.1 Å². The molecule has 0 aliphatic heterocycles. The molecule has 0 saturated heterocycles. The molecule has 13 heavy (non-hydrogen) atoms. The molecular weight excluding hydrogens is 180 g/mol. The zero-order valence-electron chi connectivity index (χ0n) is 9.02. The van der Waals surface area contributed by atoms with Crippen LogP contribution in [-0.2, 0) is 0 Å². The predicted molar refractivity (Wildman–Crippen MR) is 62.0 cm³/mol. The second kappa shape index (κ2) is 6.04. The highest BCUT2D eigenvalue weighted by molar-refractivity contribution is 6.32. The molecule has 0 bridgehead atoms. The van der Waals surface area contributed by atoms with Crippen molar-refractivity contribution in [2.45, 2.75) is 34.1 Å². The zero-order valence-corrected chi connectivity index (χ0v) is 9.78. The SMILES string of the molecule is C=C(C)/C(Cl)=C(\C=C/CC)C(C)C. The van der Waals surface area contributed by atoms with E-state index >= 15 is 0 Å². The summed E-state index contributed by atoms with van der Waals surface area (Å²) in [7, 11) is 0. The van der Waals surface area contributed by atoms with Gasteiger partial charge in [-0.25, -0.2) is 0 Å². The van der Waals surface area contributed by atoms with Gasteiger partial charge in [-0.3, -0.25) is 0 Å². The lowest BCUT2D eigenvalue weighted by atomic mass is 10.00. The highest BCUT2D eigenvalue weighted by Gasteiger charge is 2.05. The lowest BCUT2D eigenvalue weighted by Gasteiger charge is -2.10. The van der Waals surface area contributed by atoms with Crippen molar-refractivity contribution in [3.05, 3.63) is 34.9 Å². The average molecular weight is 199 g/mol. The standard InChI is InChI=1S/C12H19Cl/c1-6-7-8-11(9(2)3)12(13)10(4)5/h7-9H,4,6H2,1-3,5H3/b8-7-,12-11-. The maximum atomic E-state index is 6.14. The van der Waals surface area contributed by atoms with Gasteiger partial charge in [0.25, 0.3) is 0 Å². The summed E-state index contributed by atoms with van der Waals surface area (Å²) < 4.78 is 0. The normalized spacial score (nSPS) is 13.7. The van der Waals surface area contributed by atoms with Crippen LogP contribution in [-0.4, -0.2) is 0 Å². The Morgan fingerprint density at radius 1 is 1.46 bits per heavy atom. The molecule has 0 radical (unpaired) electrons. The molecule has 0 rings (SSSR count). The maximum Gasteiger partial charge on any atom is 0.0463 e. The van der Waals surface area contributed by atoms with Gasteiger partial charge in [0, 0.05) is 5.03 Å². The molecule has 0 aliphatic carbocycles. The minimum Gasteiger partial charge on any atom is -0.0946 e. The van der Waals surface area contributed by atoms with Gasteiger partial charge in [-0.05, 0) is 30.4 Å². The monoisotopic (exact) mass is 198 g/mol. The Hall–Kier alpha value is -0.490. The fraction of sp³-hybridized carbons (Fsp3) is 0.500. The lowest BCUT2D eigenvalue weighted by molar-refractivity contribution is 0.787. The number of allylic oxidation sites excluding steroid dienone is 5. The largest absolute Gasteiger partial charge is 0.0946 e. The Balaban J connectivity index is 4.89. The van der Waals surface area contributed by atoms with Crippen LogP contribution in [0.15, 0.2) is 34.9 Å². The van der Waals surface area contributed by atoms with Gasteiger partial charge in [0.15, 0.2) is 0 Å². The second-order valence-corrected chi connectivity index (χ2v) is 3.89. The Bertz CT molecular complexity index is 232. The lowest BCUT2D eigenvalue weighted by Crippen LogP contribution is -1.94. The molecule has 0 amide bonds. The van der Waals surface area contributed by atoms with E-state index in [9.17, 15) is 0 Å². The molecule has 0 aromatic carbocycles. The van der Waals surface area contributed by atoms with Crippen LogP contribution in [0.5, 0.6) is 0 Å². The second-order valence-electron chi connectivity index (χ2n) is 3.51. The molecule has 0 saturated carbocycles. The molecule has 0 spiro atoms. The summed E-state index contributed by atoms with van der Waals surface area (Å²) in [5.74, 6) is 0.451. The number of rotatable bonds is 4.